The van der Waals surface area contributed by atoms with Gasteiger partial charge in [0.05, 0.1) is 5.57 Å². The first kappa shape index (κ1) is 15.0. The van der Waals surface area contributed by atoms with Crippen LogP contribution in [0.5, 0.6) is 0 Å². The summed E-state index contributed by atoms with van der Waals surface area (Å²) in [5.74, 6) is -1.68. The zero-order valence-electron chi connectivity index (χ0n) is 10.7. The molecular weight excluding hydrogens is 258 g/mol. The number of hydrogen-bond donors (Lipinski definition) is 4. The highest BCUT2D eigenvalue weighted by Crippen LogP contribution is 2.08. The van der Waals surface area contributed by atoms with Crippen LogP contribution >= 0.6 is 0 Å². The van der Waals surface area contributed by atoms with Gasteiger partial charge in [0.15, 0.2) is 0 Å². The monoisotopic (exact) mass is 273 g/mol. The van der Waals surface area contributed by atoms with Gasteiger partial charge in [-0.25, -0.2) is 4.79 Å². The number of anilines is 1. The van der Waals surface area contributed by atoms with Gasteiger partial charge in [0.2, 0.25) is 0 Å². The molecule has 20 heavy (non-hydrogen) atoms. The van der Waals surface area contributed by atoms with E-state index >= 15 is 0 Å². The number of nitrogen functional groups attached to an aromatic ring is 1. The van der Waals surface area contributed by atoms with Gasteiger partial charge in [-0.05, 0) is 30.3 Å². The molecule has 0 aliphatic rings. The van der Waals surface area contributed by atoms with Gasteiger partial charge in [-0.3, -0.25) is 4.79 Å². The lowest BCUT2D eigenvalue weighted by molar-refractivity contribution is -0.132. The molecule has 1 rings (SSSR count). The van der Waals surface area contributed by atoms with Gasteiger partial charge in [-0.15, -0.1) is 0 Å². The Balaban J connectivity index is 2.83. The largest absolute Gasteiger partial charge is 0.478 e. The van der Waals surface area contributed by atoms with E-state index in [9.17, 15) is 9.59 Å². The van der Waals surface area contributed by atoms with Crippen LogP contribution in [0.4, 0.5) is 5.69 Å². The number of rotatable bonds is 5. The first-order chi connectivity index (χ1) is 9.31. The Morgan fingerprint density at radius 2 is 1.75 bits per heavy atom. The van der Waals surface area contributed by atoms with E-state index in [2.05, 4.69) is 18.5 Å². The number of aliphatic carboxylic acids is 1. The molecule has 1 aromatic rings. The molecular formula is C14H15N3O3. The Bertz CT molecular complexity index is 585. The van der Waals surface area contributed by atoms with Crippen LogP contribution in [-0.2, 0) is 4.79 Å². The summed E-state index contributed by atoms with van der Waals surface area (Å²) in [4.78, 5) is 22.7. The Labute approximate surface area is 116 Å². The van der Waals surface area contributed by atoms with Crippen molar-refractivity contribution in [3.8, 4) is 0 Å². The fraction of sp³-hybridized carbons (Fsp3) is 0. The van der Waals surface area contributed by atoms with Gasteiger partial charge in [0.25, 0.3) is 5.91 Å². The molecule has 6 heteroatoms. The molecule has 1 amide bonds. The van der Waals surface area contributed by atoms with Crippen molar-refractivity contribution in [3.05, 3.63) is 66.0 Å². The highest BCUT2D eigenvalue weighted by Gasteiger charge is 2.11. The van der Waals surface area contributed by atoms with Crippen LogP contribution in [0.2, 0.25) is 0 Å². The number of allylic oxidation sites excluding steroid dienone is 1. The van der Waals surface area contributed by atoms with Gasteiger partial charge < -0.3 is 21.9 Å². The Morgan fingerprint density at radius 1 is 1.20 bits per heavy atom. The number of carboxylic acid groups (broad SMARTS) is 1. The molecule has 0 atom stereocenters. The molecule has 6 nitrogen and oxygen atoms in total. The van der Waals surface area contributed by atoms with Crippen LogP contribution < -0.4 is 16.8 Å². The van der Waals surface area contributed by atoms with Crippen molar-refractivity contribution >= 4 is 17.6 Å². The van der Waals surface area contributed by atoms with Crippen LogP contribution in [-0.4, -0.2) is 17.0 Å². The van der Waals surface area contributed by atoms with Crippen molar-refractivity contribution in [2.24, 2.45) is 5.73 Å². The molecule has 0 unspecified atom stereocenters. The fourth-order valence-corrected chi connectivity index (χ4v) is 1.35. The van der Waals surface area contributed by atoms with Gasteiger partial charge in [-0.2, -0.15) is 0 Å². The summed E-state index contributed by atoms with van der Waals surface area (Å²) < 4.78 is 0. The van der Waals surface area contributed by atoms with E-state index in [1.165, 1.54) is 0 Å². The van der Waals surface area contributed by atoms with Crippen LogP contribution in [0.15, 0.2) is 60.5 Å². The van der Waals surface area contributed by atoms with Crippen molar-refractivity contribution in [3.63, 3.8) is 0 Å². The van der Waals surface area contributed by atoms with Crippen LogP contribution in [0.3, 0.4) is 0 Å². The molecule has 0 fully saturated rings. The standard InChI is InChI=1S/C14H15N3O3/c1-8(7-12(9(2)15)14(19)20)17-13(18)10-3-5-11(16)6-4-10/h3-7H,1-2,15-16H2,(H,17,18)(H,19,20)/b12-7+. The van der Waals surface area contributed by atoms with Crippen LogP contribution in [0.25, 0.3) is 0 Å². The molecule has 0 bridgehead atoms. The van der Waals surface area contributed by atoms with Crippen molar-refractivity contribution in [1.82, 2.24) is 5.32 Å². The van der Waals surface area contributed by atoms with Crippen molar-refractivity contribution in [2.75, 3.05) is 5.73 Å². The zero-order valence-corrected chi connectivity index (χ0v) is 10.7. The molecule has 0 saturated heterocycles. The summed E-state index contributed by atoms with van der Waals surface area (Å²) in [6, 6.07) is 6.25. The summed E-state index contributed by atoms with van der Waals surface area (Å²) >= 11 is 0. The maximum Gasteiger partial charge on any atom is 0.337 e. The molecule has 0 saturated carbocycles. The summed E-state index contributed by atoms with van der Waals surface area (Å²) in [5.41, 5.74) is 11.5. The van der Waals surface area contributed by atoms with Gasteiger partial charge in [-0.1, -0.05) is 13.2 Å². The average Bonchev–Trinajstić information content (AvgIpc) is 2.35. The van der Waals surface area contributed by atoms with Gasteiger partial charge in [0.1, 0.15) is 0 Å². The number of nitrogens with two attached hydrogens (primary N) is 2. The Hall–Kier alpha value is -3.02. The van der Waals surface area contributed by atoms with E-state index in [1.807, 2.05) is 0 Å². The number of carboxylic acids is 1. The third-order valence-electron chi connectivity index (χ3n) is 2.34. The van der Waals surface area contributed by atoms with E-state index in [0.717, 1.165) is 6.08 Å². The number of carbonyl (C=O) groups is 2. The second kappa shape index (κ2) is 6.24. The van der Waals surface area contributed by atoms with E-state index in [4.69, 9.17) is 16.6 Å². The van der Waals surface area contributed by atoms with Gasteiger partial charge in [0, 0.05) is 22.6 Å². The molecule has 0 radical (unpaired) electrons. The normalized spacial score (nSPS) is 10.7. The van der Waals surface area contributed by atoms with E-state index < -0.39 is 11.9 Å². The summed E-state index contributed by atoms with van der Waals surface area (Å²) in [6.45, 7) is 6.89. The highest BCUT2D eigenvalue weighted by molar-refractivity contribution is 5.96. The number of hydrogen-bond acceptors (Lipinski definition) is 4. The van der Waals surface area contributed by atoms with Crippen molar-refractivity contribution in [1.29, 1.82) is 0 Å². The van der Waals surface area contributed by atoms with E-state index in [0.29, 0.717) is 11.3 Å². The van der Waals surface area contributed by atoms with Crippen molar-refractivity contribution < 1.29 is 14.7 Å². The van der Waals surface area contributed by atoms with Crippen LogP contribution in [0.1, 0.15) is 10.4 Å². The molecule has 0 spiro atoms. The summed E-state index contributed by atoms with van der Waals surface area (Å²) in [7, 11) is 0. The molecule has 0 heterocycles. The maximum atomic E-state index is 11.8. The summed E-state index contributed by atoms with van der Waals surface area (Å²) in [6.07, 6.45) is 1.14. The second-order valence-electron chi connectivity index (χ2n) is 3.99. The lowest BCUT2D eigenvalue weighted by Crippen LogP contribution is -2.22. The fourth-order valence-electron chi connectivity index (χ4n) is 1.35. The van der Waals surface area contributed by atoms with Gasteiger partial charge >= 0.3 is 5.97 Å². The van der Waals surface area contributed by atoms with E-state index in [1.54, 1.807) is 24.3 Å². The number of benzene rings is 1. The minimum Gasteiger partial charge on any atom is -0.478 e. The van der Waals surface area contributed by atoms with Crippen molar-refractivity contribution in [2.45, 2.75) is 0 Å². The molecule has 1 aromatic carbocycles. The Morgan fingerprint density at radius 3 is 2.20 bits per heavy atom. The molecule has 6 N–H and O–H groups in total. The molecule has 0 aliphatic carbocycles. The third kappa shape index (κ3) is 4.02. The van der Waals surface area contributed by atoms with Crippen LogP contribution in [0, 0.1) is 0 Å². The summed E-state index contributed by atoms with van der Waals surface area (Å²) in [5, 5.41) is 11.3. The highest BCUT2D eigenvalue weighted by atomic mass is 16.4. The predicted octanol–water partition coefficient (Wildman–Crippen LogP) is 0.996. The number of carbonyl (C=O) groups excluding carboxylic acids is 1. The maximum absolute atomic E-state index is 11.8. The number of nitrogens with one attached hydrogen (secondary N) is 1. The third-order valence-corrected chi connectivity index (χ3v) is 2.34. The smallest absolute Gasteiger partial charge is 0.337 e. The molecule has 104 valence electrons. The Kier molecular flexibility index (Phi) is 4.69. The minimum atomic E-state index is -1.25. The first-order valence-corrected chi connectivity index (χ1v) is 5.57. The quantitative estimate of drug-likeness (QED) is 0.362. The molecule has 0 aromatic heterocycles. The lowest BCUT2D eigenvalue weighted by atomic mass is 10.1. The predicted molar refractivity (Wildman–Crippen MR) is 76.5 cm³/mol. The average molecular weight is 273 g/mol. The van der Waals surface area contributed by atoms with E-state index in [-0.39, 0.29) is 17.0 Å². The zero-order chi connectivity index (χ0) is 15.3. The lowest BCUT2D eigenvalue weighted by Gasteiger charge is -2.07. The number of amides is 1. The second-order valence-corrected chi connectivity index (χ2v) is 3.99. The topological polar surface area (TPSA) is 118 Å². The SMILES string of the molecule is C=C(/C=C(\C(=C)N)C(=O)O)NC(=O)c1ccc(N)cc1. The minimum absolute atomic E-state index is 0.0934. The molecule has 0 aliphatic heterocycles. The first-order valence-electron chi connectivity index (χ1n) is 5.57.